The van der Waals surface area contributed by atoms with E-state index >= 15 is 0 Å². The zero-order valence-electron chi connectivity index (χ0n) is 12.0. The van der Waals surface area contributed by atoms with E-state index < -0.39 is 5.82 Å². The molecular formula is C15H20FN3O2. The number of amides is 1. The second-order valence-electron chi connectivity index (χ2n) is 5.81. The third kappa shape index (κ3) is 3.01. The van der Waals surface area contributed by atoms with Gasteiger partial charge in [0.2, 0.25) is 5.91 Å². The Morgan fingerprint density at radius 1 is 1.43 bits per heavy atom. The highest BCUT2D eigenvalue weighted by atomic mass is 19.1. The minimum Gasteiger partial charge on any atom is -0.396 e. The molecule has 2 heterocycles. The largest absolute Gasteiger partial charge is 0.396 e. The molecule has 6 heteroatoms. The minimum atomic E-state index is -0.481. The molecule has 1 amide bonds. The lowest BCUT2D eigenvalue weighted by molar-refractivity contribution is -0.124. The maximum absolute atomic E-state index is 13.1. The van der Waals surface area contributed by atoms with Gasteiger partial charge in [-0.05, 0) is 38.0 Å². The van der Waals surface area contributed by atoms with E-state index in [1.807, 2.05) is 6.92 Å². The van der Waals surface area contributed by atoms with E-state index in [9.17, 15) is 9.18 Å². The van der Waals surface area contributed by atoms with Crippen LogP contribution >= 0.6 is 0 Å². The Labute approximate surface area is 123 Å². The summed E-state index contributed by atoms with van der Waals surface area (Å²) < 4.78 is 18.9. The zero-order valence-corrected chi connectivity index (χ0v) is 12.0. The number of benzene rings is 1. The van der Waals surface area contributed by atoms with Crippen molar-refractivity contribution >= 4 is 17.3 Å². The van der Waals surface area contributed by atoms with Crippen LogP contribution in [0, 0.1) is 5.82 Å². The number of nitrogens with one attached hydrogen (secondary N) is 1. The van der Waals surface area contributed by atoms with Crippen molar-refractivity contribution in [3.63, 3.8) is 0 Å². The molecule has 0 aromatic heterocycles. The van der Waals surface area contributed by atoms with Gasteiger partial charge in [0, 0.05) is 18.8 Å². The molecule has 5 nitrogen and oxygen atoms in total. The van der Waals surface area contributed by atoms with Crippen LogP contribution in [-0.2, 0) is 9.53 Å². The molecule has 3 atom stereocenters. The third-order valence-electron chi connectivity index (χ3n) is 4.26. The fraction of sp³-hybridized carbons (Fsp3) is 0.533. The van der Waals surface area contributed by atoms with E-state index in [1.165, 1.54) is 18.2 Å². The normalized spacial score (nSPS) is 26.6. The van der Waals surface area contributed by atoms with Crippen molar-refractivity contribution in [1.82, 2.24) is 4.90 Å². The number of likely N-dealkylation sites (tertiary alicyclic amines) is 1. The monoisotopic (exact) mass is 293 g/mol. The van der Waals surface area contributed by atoms with E-state index in [0.717, 1.165) is 25.9 Å². The first kappa shape index (κ1) is 14.3. The van der Waals surface area contributed by atoms with Crippen molar-refractivity contribution in [3.8, 4) is 0 Å². The Morgan fingerprint density at radius 2 is 2.10 bits per heavy atom. The molecule has 2 bridgehead atoms. The molecule has 3 N–H and O–H groups in total. The number of morpholine rings is 1. The van der Waals surface area contributed by atoms with Gasteiger partial charge in [-0.3, -0.25) is 9.69 Å². The quantitative estimate of drug-likeness (QED) is 0.831. The number of fused-ring (bicyclic) bond motifs is 2. The van der Waals surface area contributed by atoms with Gasteiger partial charge in [0.15, 0.2) is 0 Å². The van der Waals surface area contributed by atoms with Crippen molar-refractivity contribution in [2.24, 2.45) is 0 Å². The van der Waals surface area contributed by atoms with Gasteiger partial charge in [-0.2, -0.15) is 0 Å². The molecule has 2 saturated heterocycles. The molecule has 1 aromatic rings. The lowest BCUT2D eigenvalue weighted by Crippen LogP contribution is -2.51. The van der Waals surface area contributed by atoms with E-state index in [4.69, 9.17) is 10.5 Å². The molecule has 1 aromatic carbocycles. The molecule has 2 aliphatic heterocycles. The average Bonchev–Trinajstić information content (AvgIpc) is 2.80. The van der Waals surface area contributed by atoms with Crippen LogP contribution in [0.3, 0.4) is 0 Å². The first-order chi connectivity index (χ1) is 10.0. The van der Waals surface area contributed by atoms with Gasteiger partial charge >= 0.3 is 0 Å². The van der Waals surface area contributed by atoms with Crippen LogP contribution in [0.1, 0.15) is 19.8 Å². The summed E-state index contributed by atoms with van der Waals surface area (Å²) in [6, 6.07) is 3.95. The topological polar surface area (TPSA) is 67.6 Å². The number of hydrogen-bond acceptors (Lipinski definition) is 4. The molecule has 114 valence electrons. The summed E-state index contributed by atoms with van der Waals surface area (Å²) in [7, 11) is 0. The third-order valence-corrected chi connectivity index (χ3v) is 4.26. The molecule has 0 spiro atoms. The number of nitrogen functional groups attached to an aromatic ring is 1. The second kappa shape index (κ2) is 5.61. The summed E-state index contributed by atoms with van der Waals surface area (Å²) >= 11 is 0. The van der Waals surface area contributed by atoms with Crippen molar-refractivity contribution in [3.05, 3.63) is 24.0 Å². The summed E-state index contributed by atoms with van der Waals surface area (Å²) in [6.07, 6.45) is 2.65. The maximum atomic E-state index is 13.1. The van der Waals surface area contributed by atoms with E-state index in [2.05, 4.69) is 10.2 Å². The first-order valence-corrected chi connectivity index (χ1v) is 7.28. The Kier molecular flexibility index (Phi) is 3.82. The summed E-state index contributed by atoms with van der Waals surface area (Å²) in [4.78, 5) is 14.5. The Balaban J connectivity index is 1.63. The maximum Gasteiger partial charge on any atom is 0.241 e. The van der Waals surface area contributed by atoms with Gasteiger partial charge < -0.3 is 15.8 Å². The molecule has 0 aliphatic carbocycles. The molecular weight excluding hydrogens is 273 g/mol. The predicted molar refractivity (Wildman–Crippen MR) is 78.4 cm³/mol. The molecule has 3 unspecified atom stereocenters. The summed E-state index contributed by atoms with van der Waals surface area (Å²) in [5.74, 6) is -0.590. The molecule has 0 saturated carbocycles. The SMILES string of the molecule is CC(C(=O)Nc1ccc(F)c(N)c1)N1CC2CCC(C1)O2. The molecule has 3 rings (SSSR count). The van der Waals surface area contributed by atoms with Crippen LogP contribution < -0.4 is 11.1 Å². The van der Waals surface area contributed by atoms with Gasteiger partial charge in [-0.15, -0.1) is 0 Å². The van der Waals surface area contributed by atoms with Crippen molar-refractivity contribution in [2.45, 2.75) is 38.0 Å². The number of ether oxygens (including phenoxy) is 1. The van der Waals surface area contributed by atoms with Crippen molar-refractivity contribution in [1.29, 1.82) is 0 Å². The van der Waals surface area contributed by atoms with Crippen LogP contribution in [0.25, 0.3) is 0 Å². The average molecular weight is 293 g/mol. The summed E-state index contributed by atoms with van der Waals surface area (Å²) in [5, 5.41) is 2.79. The van der Waals surface area contributed by atoms with Gasteiger partial charge in [-0.1, -0.05) is 0 Å². The Hall–Kier alpha value is -1.66. The standard InChI is InChI=1S/C15H20FN3O2/c1-9(19-7-11-3-4-12(8-19)21-11)15(20)18-10-2-5-13(16)14(17)6-10/h2,5-6,9,11-12H,3-4,7-8,17H2,1H3,(H,18,20). The second-order valence-corrected chi connectivity index (χ2v) is 5.81. The number of carbonyl (C=O) groups is 1. The van der Waals surface area contributed by atoms with Crippen molar-refractivity contribution < 1.29 is 13.9 Å². The first-order valence-electron chi connectivity index (χ1n) is 7.28. The van der Waals surface area contributed by atoms with Crippen LogP contribution in [0.5, 0.6) is 0 Å². The molecule has 0 radical (unpaired) electrons. The van der Waals surface area contributed by atoms with E-state index in [0.29, 0.717) is 5.69 Å². The number of nitrogens with zero attached hydrogens (tertiary/aromatic N) is 1. The fourth-order valence-corrected chi connectivity index (χ4v) is 3.00. The molecule has 21 heavy (non-hydrogen) atoms. The summed E-state index contributed by atoms with van der Waals surface area (Å²) in [5.41, 5.74) is 6.05. The van der Waals surface area contributed by atoms with Crippen LogP contribution in [0.15, 0.2) is 18.2 Å². The number of carbonyl (C=O) groups excluding carboxylic acids is 1. The van der Waals surface area contributed by atoms with Crippen LogP contribution in [0.2, 0.25) is 0 Å². The minimum absolute atomic E-state index is 0.0323. The number of hydrogen-bond donors (Lipinski definition) is 2. The lowest BCUT2D eigenvalue weighted by atomic mass is 10.2. The fourth-order valence-electron chi connectivity index (χ4n) is 3.00. The smallest absolute Gasteiger partial charge is 0.241 e. The van der Waals surface area contributed by atoms with Gasteiger partial charge in [0.05, 0.1) is 23.9 Å². The lowest BCUT2D eigenvalue weighted by Gasteiger charge is -2.35. The predicted octanol–water partition coefficient (Wildman–Crippen LogP) is 1.60. The number of rotatable bonds is 3. The van der Waals surface area contributed by atoms with E-state index in [1.54, 1.807) is 0 Å². The van der Waals surface area contributed by atoms with E-state index in [-0.39, 0.29) is 29.8 Å². The highest BCUT2D eigenvalue weighted by molar-refractivity contribution is 5.94. The zero-order chi connectivity index (χ0) is 15.0. The van der Waals surface area contributed by atoms with Crippen LogP contribution in [-0.4, -0.2) is 42.1 Å². The van der Waals surface area contributed by atoms with Gasteiger partial charge in [0.1, 0.15) is 5.82 Å². The van der Waals surface area contributed by atoms with Crippen molar-refractivity contribution in [2.75, 3.05) is 24.1 Å². The van der Waals surface area contributed by atoms with Gasteiger partial charge in [-0.25, -0.2) is 4.39 Å². The Morgan fingerprint density at radius 3 is 2.71 bits per heavy atom. The number of anilines is 2. The highest BCUT2D eigenvalue weighted by Gasteiger charge is 2.37. The van der Waals surface area contributed by atoms with Gasteiger partial charge in [0.25, 0.3) is 0 Å². The highest BCUT2D eigenvalue weighted by Crippen LogP contribution is 2.27. The number of nitrogens with two attached hydrogens (primary N) is 1. The molecule has 2 aliphatic rings. The molecule has 2 fully saturated rings. The Bertz CT molecular complexity index is 540. The summed E-state index contributed by atoms with van der Waals surface area (Å²) in [6.45, 7) is 3.46. The number of halogens is 1. The van der Waals surface area contributed by atoms with Crippen LogP contribution in [0.4, 0.5) is 15.8 Å².